The standard InChI is InChI=1S/C17H34N2.C15H30N2/c1-3-14-10-12(5-7-16(14)18)9-13-6-8-17(19)15(4-2)11-13;1-10-7-12(3-5-14(10)16)9-13-4-6-15(17)11(2)8-13/h12-17H,3-11,18-19H2,1-2H3;10-15H,3-9,16-17H2,1-2H3. The Kier molecular flexibility index (Phi) is 12.5. The number of nitrogens with two attached hydrogens (primary N) is 4. The summed E-state index contributed by atoms with van der Waals surface area (Å²) in [6, 6.07) is 1.88. The van der Waals surface area contributed by atoms with Crippen molar-refractivity contribution in [2.75, 3.05) is 0 Å². The summed E-state index contributed by atoms with van der Waals surface area (Å²) in [7, 11) is 0. The average molecular weight is 505 g/mol. The van der Waals surface area contributed by atoms with Gasteiger partial charge in [0.25, 0.3) is 0 Å². The van der Waals surface area contributed by atoms with Crippen LogP contribution >= 0.6 is 0 Å². The molecule has 0 heterocycles. The smallest absolute Gasteiger partial charge is 0.00672 e. The molecule has 0 aromatic heterocycles. The Morgan fingerprint density at radius 1 is 0.444 bits per heavy atom. The average Bonchev–Trinajstić information content (AvgIpc) is 2.86. The third-order valence-corrected chi connectivity index (χ3v) is 11.4. The SMILES string of the molecule is CC1CC(CC2CCC(N)C(C)C2)CCC1N.CCC1CC(CC2CCC(N)C(CC)C2)CCC1N. The molecule has 4 saturated carbocycles. The molecule has 4 heteroatoms. The third-order valence-electron chi connectivity index (χ3n) is 11.4. The van der Waals surface area contributed by atoms with E-state index in [0.29, 0.717) is 24.2 Å². The molecule has 4 fully saturated rings. The summed E-state index contributed by atoms with van der Waals surface area (Å²) < 4.78 is 0. The van der Waals surface area contributed by atoms with Crippen LogP contribution in [0.2, 0.25) is 0 Å². The zero-order valence-corrected chi connectivity index (χ0v) is 24.6. The van der Waals surface area contributed by atoms with Crippen molar-refractivity contribution in [3.8, 4) is 0 Å². The zero-order valence-electron chi connectivity index (χ0n) is 24.6. The molecular weight excluding hydrogens is 440 g/mol. The van der Waals surface area contributed by atoms with Crippen LogP contribution in [0.25, 0.3) is 0 Å². The van der Waals surface area contributed by atoms with Crippen molar-refractivity contribution < 1.29 is 0 Å². The van der Waals surface area contributed by atoms with Gasteiger partial charge in [-0.25, -0.2) is 0 Å². The first kappa shape index (κ1) is 30.4. The molecule has 0 aromatic rings. The zero-order chi connectivity index (χ0) is 26.2. The van der Waals surface area contributed by atoms with Crippen LogP contribution in [0.5, 0.6) is 0 Å². The van der Waals surface area contributed by atoms with E-state index >= 15 is 0 Å². The summed E-state index contributed by atoms with van der Waals surface area (Å²) in [4.78, 5) is 0. The number of hydrogen-bond donors (Lipinski definition) is 4. The van der Waals surface area contributed by atoms with E-state index in [1.54, 1.807) is 0 Å². The van der Waals surface area contributed by atoms with Crippen molar-refractivity contribution in [1.29, 1.82) is 0 Å². The molecule has 0 amide bonds. The van der Waals surface area contributed by atoms with Crippen LogP contribution in [-0.4, -0.2) is 24.2 Å². The minimum atomic E-state index is 0.463. The molecule has 36 heavy (non-hydrogen) atoms. The molecule has 4 nitrogen and oxygen atoms in total. The van der Waals surface area contributed by atoms with E-state index in [1.807, 2.05) is 0 Å². The molecular formula is C32H64N4. The molecule has 12 unspecified atom stereocenters. The van der Waals surface area contributed by atoms with Crippen LogP contribution in [0.1, 0.15) is 130 Å². The highest BCUT2D eigenvalue weighted by Gasteiger charge is 2.33. The lowest BCUT2D eigenvalue weighted by molar-refractivity contribution is 0.154. The molecule has 0 radical (unpaired) electrons. The lowest BCUT2D eigenvalue weighted by Gasteiger charge is -2.38. The quantitative estimate of drug-likeness (QED) is 0.327. The largest absolute Gasteiger partial charge is 0.327 e. The second-order valence-electron chi connectivity index (χ2n) is 14.1. The first-order valence-corrected chi connectivity index (χ1v) is 16.2. The maximum Gasteiger partial charge on any atom is 0.00672 e. The molecule has 4 aliphatic carbocycles. The minimum Gasteiger partial charge on any atom is -0.327 e. The van der Waals surface area contributed by atoms with E-state index < -0.39 is 0 Å². The van der Waals surface area contributed by atoms with Gasteiger partial charge in [0.1, 0.15) is 0 Å². The number of rotatable bonds is 6. The Morgan fingerprint density at radius 2 is 0.750 bits per heavy atom. The van der Waals surface area contributed by atoms with Crippen LogP contribution in [0.15, 0.2) is 0 Å². The summed E-state index contributed by atoms with van der Waals surface area (Å²) in [5, 5.41) is 0. The molecule has 0 aromatic carbocycles. The predicted octanol–water partition coefficient (Wildman–Crippen LogP) is 6.59. The summed E-state index contributed by atoms with van der Waals surface area (Å²) in [5.74, 6) is 6.81. The van der Waals surface area contributed by atoms with Crippen molar-refractivity contribution in [3.05, 3.63) is 0 Å². The monoisotopic (exact) mass is 505 g/mol. The van der Waals surface area contributed by atoms with Crippen molar-refractivity contribution in [2.45, 2.75) is 155 Å². The van der Waals surface area contributed by atoms with E-state index in [1.165, 1.54) is 103 Å². The van der Waals surface area contributed by atoms with Gasteiger partial charge in [-0.05, 0) is 137 Å². The van der Waals surface area contributed by atoms with Gasteiger partial charge in [-0.3, -0.25) is 0 Å². The maximum atomic E-state index is 6.23. The second kappa shape index (κ2) is 14.8. The van der Waals surface area contributed by atoms with Gasteiger partial charge in [0.05, 0.1) is 0 Å². The van der Waals surface area contributed by atoms with Gasteiger partial charge < -0.3 is 22.9 Å². The van der Waals surface area contributed by atoms with Crippen molar-refractivity contribution in [3.63, 3.8) is 0 Å². The molecule has 212 valence electrons. The molecule has 8 N–H and O–H groups in total. The van der Waals surface area contributed by atoms with E-state index in [9.17, 15) is 0 Å². The summed E-state index contributed by atoms with van der Waals surface area (Å²) >= 11 is 0. The molecule has 4 rings (SSSR count). The summed E-state index contributed by atoms with van der Waals surface area (Å²) in [5.41, 5.74) is 24.7. The Bertz CT molecular complexity index is 561. The van der Waals surface area contributed by atoms with E-state index in [2.05, 4.69) is 27.7 Å². The van der Waals surface area contributed by atoms with Crippen molar-refractivity contribution >= 4 is 0 Å². The molecule has 0 spiro atoms. The lowest BCUT2D eigenvalue weighted by atomic mass is 9.69. The van der Waals surface area contributed by atoms with E-state index in [0.717, 1.165) is 47.3 Å². The first-order chi connectivity index (χ1) is 17.2. The fourth-order valence-corrected chi connectivity index (χ4v) is 8.57. The van der Waals surface area contributed by atoms with Crippen LogP contribution < -0.4 is 22.9 Å². The Labute approximate surface area is 224 Å². The maximum absolute atomic E-state index is 6.23. The van der Waals surface area contributed by atoms with E-state index in [-0.39, 0.29) is 0 Å². The molecule has 0 aliphatic heterocycles. The Balaban J connectivity index is 0.000000202. The highest BCUT2D eigenvalue weighted by molar-refractivity contribution is 4.87. The van der Waals surface area contributed by atoms with Gasteiger partial charge in [-0.1, -0.05) is 40.5 Å². The van der Waals surface area contributed by atoms with Crippen molar-refractivity contribution in [1.82, 2.24) is 0 Å². The highest BCUT2D eigenvalue weighted by Crippen LogP contribution is 2.40. The van der Waals surface area contributed by atoms with E-state index in [4.69, 9.17) is 22.9 Å². The van der Waals surface area contributed by atoms with Crippen LogP contribution in [0.4, 0.5) is 0 Å². The van der Waals surface area contributed by atoms with Crippen molar-refractivity contribution in [2.24, 2.45) is 70.3 Å². The first-order valence-electron chi connectivity index (χ1n) is 16.2. The lowest BCUT2D eigenvalue weighted by Crippen LogP contribution is -2.38. The second-order valence-corrected chi connectivity index (χ2v) is 14.1. The molecule has 0 saturated heterocycles. The van der Waals surface area contributed by atoms with Gasteiger partial charge in [0.15, 0.2) is 0 Å². The summed E-state index contributed by atoms with van der Waals surface area (Å²) in [6.45, 7) is 9.27. The van der Waals surface area contributed by atoms with Crippen LogP contribution in [-0.2, 0) is 0 Å². The predicted molar refractivity (Wildman–Crippen MR) is 156 cm³/mol. The van der Waals surface area contributed by atoms with Gasteiger partial charge in [0, 0.05) is 24.2 Å². The fourth-order valence-electron chi connectivity index (χ4n) is 8.57. The molecule has 12 atom stereocenters. The molecule has 4 aliphatic rings. The van der Waals surface area contributed by atoms with Gasteiger partial charge >= 0.3 is 0 Å². The topological polar surface area (TPSA) is 104 Å². The highest BCUT2D eigenvalue weighted by atomic mass is 14.7. The van der Waals surface area contributed by atoms with Gasteiger partial charge in [-0.2, -0.15) is 0 Å². The normalized spacial score (nSPS) is 46.0. The Hall–Kier alpha value is -0.160. The van der Waals surface area contributed by atoms with Crippen LogP contribution in [0.3, 0.4) is 0 Å². The number of hydrogen-bond acceptors (Lipinski definition) is 4. The summed E-state index contributed by atoms with van der Waals surface area (Å²) in [6.07, 6.45) is 21.4. The minimum absolute atomic E-state index is 0.463. The third kappa shape index (κ3) is 8.95. The van der Waals surface area contributed by atoms with Crippen LogP contribution in [0, 0.1) is 47.3 Å². The van der Waals surface area contributed by atoms with Gasteiger partial charge in [-0.15, -0.1) is 0 Å². The fraction of sp³-hybridized carbons (Fsp3) is 1.00. The molecule has 0 bridgehead atoms. The van der Waals surface area contributed by atoms with Gasteiger partial charge in [0.2, 0.25) is 0 Å². The Morgan fingerprint density at radius 3 is 1.06 bits per heavy atom.